The van der Waals surface area contributed by atoms with Crippen LogP contribution in [0.2, 0.25) is 0 Å². The summed E-state index contributed by atoms with van der Waals surface area (Å²) in [5, 5.41) is 2.64. The van der Waals surface area contributed by atoms with Crippen molar-refractivity contribution in [1.82, 2.24) is 10.3 Å². The van der Waals surface area contributed by atoms with Crippen LogP contribution in [0.3, 0.4) is 0 Å². The first kappa shape index (κ1) is 16.2. The molecule has 112 valence electrons. The van der Waals surface area contributed by atoms with Crippen LogP contribution in [0.4, 0.5) is 4.79 Å². The smallest absolute Gasteiger partial charge is 0.407 e. The molecule has 0 spiro atoms. The zero-order valence-electron chi connectivity index (χ0n) is 12.5. The van der Waals surface area contributed by atoms with E-state index in [2.05, 4.69) is 10.3 Å². The van der Waals surface area contributed by atoms with Crippen molar-refractivity contribution in [2.45, 2.75) is 38.8 Å². The molecule has 0 fully saturated rings. The van der Waals surface area contributed by atoms with E-state index in [1.807, 2.05) is 26.8 Å². The molecule has 0 saturated carbocycles. The van der Waals surface area contributed by atoms with Gasteiger partial charge in [0.15, 0.2) is 0 Å². The van der Waals surface area contributed by atoms with Crippen LogP contribution < -0.4 is 15.8 Å². The molecule has 20 heavy (non-hydrogen) atoms. The van der Waals surface area contributed by atoms with Gasteiger partial charge in [0.25, 0.3) is 0 Å². The largest absolute Gasteiger partial charge is 0.497 e. The molecule has 1 unspecified atom stereocenters. The van der Waals surface area contributed by atoms with Gasteiger partial charge in [-0.1, -0.05) is 0 Å². The lowest BCUT2D eigenvalue weighted by atomic mass is 10.1. The summed E-state index contributed by atoms with van der Waals surface area (Å²) in [4.78, 5) is 15.7. The van der Waals surface area contributed by atoms with Crippen molar-refractivity contribution in [2.24, 2.45) is 5.73 Å². The lowest BCUT2D eigenvalue weighted by Gasteiger charge is -2.20. The van der Waals surface area contributed by atoms with Gasteiger partial charge < -0.3 is 20.5 Å². The van der Waals surface area contributed by atoms with E-state index in [9.17, 15) is 4.79 Å². The summed E-state index contributed by atoms with van der Waals surface area (Å²) in [5.41, 5.74) is 6.27. The molecule has 1 aromatic rings. The monoisotopic (exact) mass is 281 g/mol. The van der Waals surface area contributed by atoms with E-state index in [0.717, 1.165) is 11.4 Å². The Hall–Kier alpha value is -1.82. The molecule has 1 amide bonds. The molecule has 1 rings (SSSR count). The summed E-state index contributed by atoms with van der Waals surface area (Å²) in [6.45, 7) is 5.76. The summed E-state index contributed by atoms with van der Waals surface area (Å²) >= 11 is 0. The molecule has 0 aliphatic rings. The van der Waals surface area contributed by atoms with Crippen LogP contribution in [-0.2, 0) is 11.2 Å². The summed E-state index contributed by atoms with van der Waals surface area (Å²) in [7, 11) is 1.60. The molecule has 3 N–H and O–H groups in total. The van der Waals surface area contributed by atoms with Gasteiger partial charge in [-0.2, -0.15) is 0 Å². The number of carbonyl (C=O) groups excluding carboxylic acids is 1. The van der Waals surface area contributed by atoms with Crippen LogP contribution in [-0.4, -0.2) is 36.4 Å². The van der Waals surface area contributed by atoms with Gasteiger partial charge >= 0.3 is 6.09 Å². The van der Waals surface area contributed by atoms with E-state index < -0.39 is 11.7 Å². The average molecular weight is 281 g/mol. The fourth-order valence-corrected chi connectivity index (χ4v) is 1.56. The van der Waals surface area contributed by atoms with E-state index in [-0.39, 0.29) is 6.04 Å². The van der Waals surface area contributed by atoms with Gasteiger partial charge in [0.2, 0.25) is 0 Å². The predicted octanol–water partition coefficient (Wildman–Crippen LogP) is 1.48. The molecular weight excluding hydrogens is 258 g/mol. The first-order valence-corrected chi connectivity index (χ1v) is 6.51. The number of alkyl carbamates (subject to hydrolysis) is 1. The fraction of sp³-hybridized carbons (Fsp3) is 0.571. The lowest BCUT2D eigenvalue weighted by molar-refractivity contribution is 0.0524. The normalized spacial score (nSPS) is 12.7. The summed E-state index contributed by atoms with van der Waals surface area (Å²) in [5.74, 6) is 0.738. The number of hydrogen-bond donors (Lipinski definition) is 2. The third kappa shape index (κ3) is 6.38. The minimum Gasteiger partial charge on any atom is -0.497 e. The summed E-state index contributed by atoms with van der Waals surface area (Å²) in [6.07, 6.45) is 1.75. The third-order valence-electron chi connectivity index (χ3n) is 2.40. The highest BCUT2D eigenvalue weighted by Gasteiger charge is 2.16. The number of ether oxygens (including phenoxy) is 2. The molecule has 0 aliphatic heterocycles. The minimum absolute atomic E-state index is 0.234. The zero-order valence-corrected chi connectivity index (χ0v) is 12.5. The molecule has 1 atom stereocenters. The van der Waals surface area contributed by atoms with E-state index in [4.69, 9.17) is 15.2 Å². The van der Waals surface area contributed by atoms with E-state index in [0.29, 0.717) is 13.0 Å². The number of amides is 1. The maximum absolute atomic E-state index is 11.5. The van der Waals surface area contributed by atoms with Crippen molar-refractivity contribution in [3.63, 3.8) is 0 Å². The minimum atomic E-state index is -0.511. The molecule has 0 bridgehead atoms. The Labute approximate surface area is 119 Å². The van der Waals surface area contributed by atoms with Crippen molar-refractivity contribution in [3.05, 3.63) is 24.0 Å². The summed E-state index contributed by atoms with van der Waals surface area (Å²) < 4.78 is 10.3. The van der Waals surface area contributed by atoms with Crippen molar-refractivity contribution in [2.75, 3.05) is 13.7 Å². The SMILES string of the molecule is COc1ccnc(CC(N)CNC(=O)OC(C)(C)C)c1. The second-order valence-electron chi connectivity index (χ2n) is 5.53. The second-order valence-corrected chi connectivity index (χ2v) is 5.53. The maximum atomic E-state index is 11.5. The Morgan fingerprint density at radius 2 is 2.20 bits per heavy atom. The number of nitrogens with one attached hydrogen (secondary N) is 1. The van der Waals surface area contributed by atoms with Crippen LogP contribution >= 0.6 is 0 Å². The van der Waals surface area contributed by atoms with E-state index in [1.54, 1.807) is 19.4 Å². The van der Waals surface area contributed by atoms with Gasteiger partial charge in [-0.05, 0) is 26.8 Å². The number of nitrogens with zero attached hydrogens (tertiary/aromatic N) is 1. The first-order chi connectivity index (χ1) is 9.30. The number of carbonyl (C=O) groups is 1. The molecule has 6 heteroatoms. The third-order valence-corrected chi connectivity index (χ3v) is 2.40. The van der Waals surface area contributed by atoms with Crippen LogP contribution in [0.5, 0.6) is 5.75 Å². The van der Waals surface area contributed by atoms with Crippen LogP contribution in [0, 0.1) is 0 Å². The summed E-state index contributed by atoms with van der Waals surface area (Å²) in [6, 6.07) is 3.36. The van der Waals surface area contributed by atoms with Crippen molar-refractivity contribution in [1.29, 1.82) is 0 Å². The maximum Gasteiger partial charge on any atom is 0.407 e. The Bertz CT molecular complexity index is 444. The van der Waals surface area contributed by atoms with Gasteiger partial charge in [0.1, 0.15) is 11.4 Å². The standard InChI is InChI=1S/C14H23N3O3/c1-14(2,3)20-13(18)17-9-10(15)7-11-8-12(19-4)5-6-16-11/h5-6,8,10H,7,9,15H2,1-4H3,(H,17,18). The number of pyridine rings is 1. The van der Waals surface area contributed by atoms with Crippen molar-refractivity contribution < 1.29 is 14.3 Å². The topological polar surface area (TPSA) is 86.5 Å². The Balaban J connectivity index is 2.40. The second kappa shape index (κ2) is 7.09. The zero-order chi connectivity index (χ0) is 15.2. The first-order valence-electron chi connectivity index (χ1n) is 6.51. The van der Waals surface area contributed by atoms with Crippen LogP contribution in [0.15, 0.2) is 18.3 Å². The highest BCUT2D eigenvalue weighted by Crippen LogP contribution is 2.11. The van der Waals surface area contributed by atoms with Gasteiger partial charge in [0, 0.05) is 37.0 Å². The number of aromatic nitrogens is 1. The van der Waals surface area contributed by atoms with Gasteiger partial charge in [-0.25, -0.2) is 4.79 Å². The Morgan fingerprint density at radius 3 is 2.80 bits per heavy atom. The van der Waals surface area contributed by atoms with Gasteiger partial charge in [-0.3, -0.25) is 4.98 Å². The number of nitrogens with two attached hydrogens (primary N) is 1. The lowest BCUT2D eigenvalue weighted by Crippen LogP contribution is -2.41. The average Bonchev–Trinajstić information content (AvgIpc) is 2.34. The predicted molar refractivity (Wildman–Crippen MR) is 76.7 cm³/mol. The Kier molecular flexibility index (Phi) is 5.76. The van der Waals surface area contributed by atoms with E-state index in [1.165, 1.54) is 0 Å². The highest BCUT2D eigenvalue weighted by atomic mass is 16.6. The molecular formula is C14H23N3O3. The molecule has 1 aromatic heterocycles. The van der Waals surface area contributed by atoms with E-state index >= 15 is 0 Å². The quantitative estimate of drug-likeness (QED) is 0.853. The van der Waals surface area contributed by atoms with Crippen molar-refractivity contribution >= 4 is 6.09 Å². The Morgan fingerprint density at radius 1 is 1.50 bits per heavy atom. The number of rotatable bonds is 5. The van der Waals surface area contributed by atoms with Gasteiger partial charge in [-0.15, -0.1) is 0 Å². The highest BCUT2D eigenvalue weighted by molar-refractivity contribution is 5.67. The fourth-order valence-electron chi connectivity index (χ4n) is 1.56. The van der Waals surface area contributed by atoms with Gasteiger partial charge in [0.05, 0.1) is 7.11 Å². The number of methoxy groups -OCH3 is 1. The molecule has 0 aromatic carbocycles. The number of hydrogen-bond acceptors (Lipinski definition) is 5. The molecule has 6 nitrogen and oxygen atoms in total. The molecule has 1 heterocycles. The molecule has 0 aliphatic carbocycles. The molecule has 0 saturated heterocycles. The van der Waals surface area contributed by atoms with Crippen molar-refractivity contribution in [3.8, 4) is 5.75 Å². The van der Waals surface area contributed by atoms with Crippen LogP contribution in [0.1, 0.15) is 26.5 Å². The molecule has 0 radical (unpaired) electrons. The van der Waals surface area contributed by atoms with Crippen LogP contribution in [0.25, 0.3) is 0 Å².